The second-order valence-electron chi connectivity index (χ2n) is 2.85. The van der Waals surface area contributed by atoms with Gasteiger partial charge >= 0.3 is 5.97 Å². The molecule has 0 saturated carbocycles. The Bertz CT molecular complexity index is 296. The number of hydrogen-bond acceptors (Lipinski definition) is 3. The van der Waals surface area contributed by atoms with Crippen molar-refractivity contribution < 1.29 is 19.7 Å². The topological polar surface area (TPSA) is 66.8 Å². The summed E-state index contributed by atoms with van der Waals surface area (Å²) in [4.78, 5) is 10.5. The van der Waals surface area contributed by atoms with Crippen LogP contribution in [0.3, 0.4) is 0 Å². The summed E-state index contributed by atoms with van der Waals surface area (Å²) in [6.07, 6.45) is -2.36. The summed E-state index contributed by atoms with van der Waals surface area (Å²) in [5.41, 5.74) is 0.643. The molecule has 0 amide bonds. The number of carboxylic acids is 1. The molecule has 0 aliphatic rings. The maximum Gasteiger partial charge on any atom is 0.335 e. The molecule has 0 unspecified atom stereocenters. The van der Waals surface area contributed by atoms with Crippen LogP contribution in [0.1, 0.15) is 11.7 Å². The highest BCUT2D eigenvalue weighted by Crippen LogP contribution is 2.20. The molecule has 2 N–H and O–H groups in total. The Balaban J connectivity index is 2.87. The number of ether oxygens (including phenoxy) is 1. The molecule has 0 aliphatic heterocycles. The first-order valence-electron chi connectivity index (χ1n) is 4.15. The number of carboxylic acid groups (broad SMARTS) is 1. The molecule has 0 radical (unpaired) electrons. The largest absolute Gasteiger partial charge is 0.479 e. The summed E-state index contributed by atoms with van der Waals surface area (Å²) in [5, 5.41) is 17.9. The molecule has 14 heavy (non-hydrogen) atoms. The van der Waals surface area contributed by atoms with Gasteiger partial charge in [0, 0.05) is 7.11 Å². The van der Waals surface area contributed by atoms with Gasteiger partial charge in [-0.05, 0) is 5.56 Å². The zero-order chi connectivity index (χ0) is 10.6. The van der Waals surface area contributed by atoms with Crippen LogP contribution in [0.25, 0.3) is 0 Å². The van der Waals surface area contributed by atoms with E-state index < -0.39 is 18.2 Å². The van der Waals surface area contributed by atoms with Gasteiger partial charge in [-0.25, -0.2) is 4.79 Å². The van der Waals surface area contributed by atoms with E-state index >= 15 is 0 Å². The zero-order valence-corrected chi connectivity index (χ0v) is 7.75. The fourth-order valence-corrected chi connectivity index (χ4v) is 1.22. The third kappa shape index (κ3) is 2.31. The lowest BCUT2D eigenvalue weighted by Crippen LogP contribution is -2.28. The predicted octanol–water partition coefficient (Wildman–Crippen LogP) is 0.820. The van der Waals surface area contributed by atoms with E-state index in [-0.39, 0.29) is 0 Å². The highest BCUT2D eigenvalue weighted by atomic mass is 16.5. The average Bonchev–Trinajstić information content (AvgIpc) is 2.20. The highest BCUT2D eigenvalue weighted by molar-refractivity contribution is 5.73. The molecule has 0 spiro atoms. The lowest BCUT2D eigenvalue weighted by atomic mass is 10.0. The van der Waals surface area contributed by atoms with Crippen molar-refractivity contribution in [3.8, 4) is 0 Å². The minimum absolute atomic E-state index is 0.643. The van der Waals surface area contributed by atoms with Crippen molar-refractivity contribution in [2.45, 2.75) is 12.2 Å². The van der Waals surface area contributed by atoms with Crippen molar-refractivity contribution in [1.82, 2.24) is 0 Å². The van der Waals surface area contributed by atoms with Gasteiger partial charge in [0.1, 0.15) is 6.10 Å². The van der Waals surface area contributed by atoms with Gasteiger partial charge < -0.3 is 14.9 Å². The number of methoxy groups -OCH3 is 1. The van der Waals surface area contributed by atoms with E-state index in [9.17, 15) is 9.90 Å². The molecule has 1 rings (SSSR count). The molecule has 1 aromatic carbocycles. The second kappa shape index (κ2) is 4.74. The Hall–Kier alpha value is -1.39. The Kier molecular flexibility index (Phi) is 3.62. The summed E-state index contributed by atoms with van der Waals surface area (Å²) < 4.78 is 4.93. The fraction of sp³-hybridized carbons (Fsp3) is 0.300. The van der Waals surface area contributed by atoms with Gasteiger partial charge in [0.15, 0.2) is 6.10 Å². The summed E-state index contributed by atoms with van der Waals surface area (Å²) in [6.45, 7) is 0. The van der Waals surface area contributed by atoms with Crippen LogP contribution in [0.15, 0.2) is 30.3 Å². The maximum absolute atomic E-state index is 10.5. The molecule has 0 bridgehead atoms. The van der Waals surface area contributed by atoms with Crippen LogP contribution in [-0.4, -0.2) is 29.4 Å². The molecule has 0 aromatic heterocycles. The van der Waals surface area contributed by atoms with Crippen LogP contribution in [0.4, 0.5) is 0 Å². The van der Waals surface area contributed by atoms with Crippen LogP contribution in [0.5, 0.6) is 0 Å². The third-order valence-electron chi connectivity index (χ3n) is 1.92. The molecular weight excluding hydrogens is 184 g/mol. The second-order valence-corrected chi connectivity index (χ2v) is 2.85. The first-order valence-corrected chi connectivity index (χ1v) is 4.15. The van der Waals surface area contributed by atoms with Crippen LogP contribution in [-0.2, 0) is 9.53 Å². The number of carbonyl (C=O) groups is 1. The van der Waals surface area contributed by atoms with Crippen molar-refractivity contribution in [2.24, 2.45) is 0 Å². The Labute approximate surface area is 81.8 Å². The molecule has 4 nitrogen and oxygen atoms in total. The first-order chi connectivity index (χ1) is 6.66. The van der Waals surface area contributed by atoms with Gasteiger partial charge in [-0.3, -0.25) is 0 Å². The molecule has 0 aliphatic carbocycles. The van der Waals surface area contributed by atoms with Gasteiger partial charge in [0.2, 0.25) is 0 Å². The minimum Gasteiger partial charge on any atom is -0.479 e. The van der Waals surface area contributed by atoms with E-state index in [0.717, 1.165) is 0 Å². The molecule has 4 heteroatoms. The Morgan fingerprint density at radius 1 is 1.36 bits per heavy atom. The van der Waals surface area contributed by atoms with Gasteiger partial charge in [-0.2, -0.15) is 0 Å². The van der Waals surface area contributed by atoms with E-state index in [4.69, 9.17) is 9.84 Å². The van der Waals surface area contributed by atoms with Crippen LogP contribution in [0, 0.1) is 0 Å². The van der Waals surface area contributed by atoms with Crippen LogP contribution in [0.2, 0.25) is 0 Å². The number of aliphatic carboxylic acids is 1. The van der Waals surface area contributed by atoms with E-state index in [1.165, 1.54) is 7.11 Å². The normalized spacial score (nSPS) is 14.7. The molecule has 1 aromatic rings. The van der Waals surface area contributed by atoms with Gasteiger partial charge in [0.25, 0.3) is 0 Å². The molecule has 0 fully saturated rings. The van der Waals surface area contributed by atoms with Gasteiger partial charge in [-0.1, -0.05) is 30.3 Å². The van der Waals surface area contributed by atoms with Crippen LogP contribution >= 0.6 is 0 Å². The first kappa shape index (κ1) is 10.7. The number of hydrogen-bond donors (Lipinski definition) is 2. The van der Waals surface area contributed by atoms with Crippen molar-refractivity contribution in [1.29, 1.82) is 0 Å². The maximum atomic E-state index is 10.5. The minimum atomic E-state index is -1.54. The van der Waals surface area contributed by atoms with E-state index in [1.807, 2.05) is 6.07 Å². The zero-order valence-electron chi connectivity index (χ0n) is 7.75. The van der Waals surface area contributed by atoms with E-state index in [2.05, 4.69) is 0 Å². The molecular formula is C10H12O4. The third-order valence-corrected chi connectivity index (χ3v) is 1.92. The molecule has 0 heterocycles. The highest BCUT2D eigenvalue weighted by Gasteiger charge is 2.26. The fourth-order valence-electron chi connectivity index (χ4n) is 1.22. The Morgan fingerprint density at radius 3 is 2.36 bits per heavy atom. The van der Waals surface area contributed by atoms with Crippen LogP contribution < -0.4 is 0 Å². The van der Waals surface area contributed by atoms with Gasteiger partial charge in [-0.15, -0.1) is 0 Å². The summed E-state index contributed by atoms with van der Waals surface area (Å²) >= 11 is 0. The smallest absolute Gasteiger partial charge is 0.335 e. The monoisotopic (exact) mass is 196 g/mol. The Morgan fingerprint density at radius 2 is 1.93 bits per heavy atom. The van der Waals surface area contributed by atoms with Crippen molar-refractivity contribution >= 4 is 5.97 Å². The predicted molar refractivity (Wildman–Crippen MR) is 49.8 cm³/mol. The molecule has 0 saturated heterocycles. The summed E-state index contributed by atoms with van der Waals surface area (Å²) in [5.74, 6) is -1.29. The summed E-state index contributed by atoms with van der Waals surface area (Å²) in [7, 11) is 1.36. The standard InChI is InChI=1S/C10H12O4/c1-14-9(8(11)10(12)13)7-5-3-2-4-6-7/h2-6,8-9,11H,1H3,(H,12,13)/t8-,9-/m1/s1. The number of rotatable bonds is 4. The number of benzene rings is 1. The lowest BCUT2D eigenvalue weighted by molar-refractivity contribution is -0.154. The summed E-state index contributed by atoms with van der Waals surface area (Å²) in [6, 6.07) is 8.75. The molecule has 2 atom stereocenters. The molecule has 76 valence electrons. The van der Waals surface area contributed by atoms with Crippen molar-refractivity contribution in [3.63, 3.8) is 0 Å². The van der Waals surface area contributed by atoms with E-state index in [0.29, 0.717) is 5.56 Å². The van der Waals surface area contributed by atoms with Crippen molar-refractivity contribution in [2.75, 3.05) is 7.11 Å². The lowest BCUT2D eigenvalue weighted by Gasteiger charge is -2.18. The van der Waals surface area contributed by atoms with Crippen molar-refractivity contribution in [3.05, 3.63) is 35.9 Å². The number of aliphatic hydroxyl groups is 1. The average molecular weight is 196 g/mol. The van der Waals surface area contributed by atoms with E-state index in [1.54, 1.807) is 24.3 Å². The SMILES string of the molecule is CO[C@H](c1ccccc1)[C@@H](O)C(=O)O. The quantitative estimate of drug-likeness (QED) is 0.748. The number of aliphatic hydroxyl groups excluding tert-OH is 1. The van der Waals surface area contributed by atoms with Gasteiger partial charge in [0.05, 0.1) is 0 Å².